The molecule has 0 saturated carbocycles. The van der Waals surface area contributed by atoms with Gasteiger partial charge in [0.15, 0.2) is 0 Å². The van der Waals surface area contributed by atoms with Gasteiger partial charge in [-0.3, -0.25) is 9.78 Å². The summed E-state index contributed by atoms with van der Waals surface area (Å²) in [6.45, 7) is 3.34. The normalized spacial score (nSPS) is 11.7. The summed E-state index contributed by atoms with van der Waals surface area (Å²) in [5.41, 5.74) is 3.47. The van der Waals surface area contributed by atoms with Crippen molar-refractivity contribution in [3.63, 3.8) is 0 Å². The van der Waals surface area contributed by atoms with Gasteiger partial charge in [0.25, 0.3) is 5.56 Å². The number of hydrogen-bond donors (Lipinski definition) is 0. The van der Waals surface area contributed by atoms with Crippen LogP contribution in [-0.2, 0) is 19.3 Å². The summed E-state index contributed by atoms with van der Waals surface area (Å²) in [4.78, 5) is 26.2. The van der Waals surface area contributed by atoms with E-state index in [-0.39, 0.29) is 13.2 Å². The zero-order valence-electron chi connectivity index (χ0n) is 21.5. The smallest absolute Gasteiger partial charge is 0.421 e. The molecule has 12 heteroatoms. The van der Waals surface area contributed by atoms with Crippen molar-refractivity contribution >= 4 is 33.8 Å². The summed E-state index contributed by atoms with van der Waals surface area (Å²) in [6.07, 6.45) is -3.48. The van der Waals surface area contributed by atoms with Crippen LogP contribution in [0.1, 0.15) is 28.2 Å². The molecule has 5 rings (SSSR count). The molecule has 0 unspecified atom stereocenters. The van der Waals surface area contributed by atoms with Gasteiger partial charge in [-0.1, -0.05) is 23.7 Å². The van der Waals surface area contributed by atoms with Gasteiger partial charge in [-0.05, 0) is 38.1 Å². The zero-order valence-corrected chi connectivity index (χ0v) is 23.1. The average molecular weight is 587 g/mol. The number of halogens is 4. The molecule has 0 fully saturated rings. The first kappa shape index (κ1) is 27.6. The highest BCUT2D eigenvalue weighted by molar-refractivity contribution is 7.14. The SMILES string of the molecule is COc1cc(C)nc(Cn2cccc(C(F)(F)F)c2=O)c1COc1cccc2c(-c3ncsc3Cl)cc(C)nc12. The van der Waals surface area contributed by atoms with Crippen LogP contribution in [0.5, 0.6) is 11.5 Å². The largest absolute Gasteiger partial charge is 0.496 e. The molecule has 4 heterocycles. The van der Waals surface area contributed by atoms with Crippen molar-refractivity contribution in [3.05, 3.63) is 97.1 Å². The van der Waals surface area contributed by atoms with Crippen molar-refractivity contribution < 1.29 is 22.6 Å². The first-order chi connectivity index (χ1) is 19.1. The molecule has 0 radical (unpaired) electrons. The minimum absolute atomic E-state index is 0.0407. The molecule has 0 aliphatic rings. The lowest BCUT2D eigenvalue weighted by atomic mass is 10.0. The third kappa shape index (κ3) is 5.39. The molecule has 0 atom stereocenters. The van der Waals surface area contributed by atoms with Crippen LogP contribution in [0.2, 0.25) is 4.34 Å². The first-order valence-electron chi connectivity index (χ1n) is 12.0. The molecular formula is C28H22ClF3N4O3S. The van der Waals surface area contributed by atoms with Crippen molar-refractivity contribution in [2.75, 3.05) is 7.11 Å². The molecule has 0 aliphatic heterocycles. The summed E-state index contributed by atoms with van der Waals surface area (Å²) >= 11 is 7.71. The van der Waals surface area contributed by atoms with Crippen LogP contribution in [-0.4, -0.2) is 26.6 Å². The lowest BCUT2D eigenvalue weighted by Gasteiger charge is -2.17. The maximum atomic E-state index is 13.3. The number of para-hydroxylation sites is 1. The van der Waals surface area contributed by atoms with E-state index in [4.69, 9.17) is 21.1 Å². The fourth-order valence-electron chi connectivity index (χ4n) is 4.46. The quantitative estimate of drug-likeness (QED) is 0.208. The Balaban J connectivity index is 1.54. The Hall–Kier alpha value is -3.96. The Morgan fingerprint density at radius 1 is 1.05 bits per heavy atom. The van der Waals surface area contributed by atoms with Gasteiger partial charge < -0.3 is 14.0 Å². The number of ether oxygens (including phenoxy) is 2. The van der Waals surface area contributed by atoms with Gasteiger partial charge in [-0.25, -0.2) is 9.97 Å². The predicted octanol–water partition coefficient (Wildman–Crippen LogP) is 6.84. The van der Waals surface area contributed by atoms with Crippen molar-refractivity contribution in [1.82, 2.24) is 19.5 Å². The van der Waals surface area contributed by atoms with E-state index in [1.807, 2.05) is 25.1 Å². The van der Waals surface area contributed by atoms with Crippen molar-refractivity contribution in [2.45, 2.75) is 33.2 Å². The van der Waals surface area contributed by atoms with Crippen LogP contribution in [0.4, 0.5) is 13.2 Å². The van der Waals surface area contributed by atoms with E-state index in [9.17, 15) is 18.0 Å². The number of methoxy groups -OCH3 is 1. The number of thiazole rings is 1. The first-order valence-corrected chi connectivity index (χ1v) is 13.2. The molecule has 0 amide bonds. The van der Waals surface area contributed by atoms with E-state index in [1.54, 1.807) is 24.6 Å². The van der Waals surface area contributed by atoms with Crippen LogP contribution in [0, 0.1) is 13.8 Å². The van der Waals surface area contributed by atoms with Crippen LogP contribution in [0.3, 0.4) is 0 Å². The van der Waals surface area contributed by atoms with Crippen LogP contribution < -0.4 is 15.0 Å². The number of pyridine rings is 3. The van der Waals surface area contributed by atoms with Gasteiger partial charge in [0.2, 0.25) is 0 Å². The highest BCUT2D eigenvalue weighted by atomic mass is 35.5. The van der Waals surface area contributed by atoms with Crippen molar-refractivity contribution in [2.24, 2.45) is 0 Å². The molecule has 0 aliphatic carbocycles. The van der Waals surface area contributed by atoms with Gasteiger partial charge in [-0.2, -0.15) is 13.2 Å². The fourth-order valence-corrected chi connectivity index (χ4v) is 5.25. The Labute approximate surface area is 235 Å². The predicted molar refractivity (Wildman–Crippen MR) is 147 cm³/mol. The number of alkyl halides is 3. The lowest BCUT2D eigenvalue weighted by molar-refractivity contribution is -0.138. The third-order valence-corrected chi connectivity index (χ3v) is 7.30. The molecule has 1 aromatic carbocycles. The molecule has 40 heavy (non-hydrogen) atoms. The van der Waals surface area contributed by atoms with Crippen LogP contribution >= 0.6 is 22.9 Å². The maximum absolute atomic E-state index is 13.3. The topological polar surface area (TPSA) is 79.1 Å². The molecule has 0 spiro atoms. The van der Waals surface area contributed by atoms with Gasteiger partial charge in [0.05, 0.1) is 30.4 Å². The Bertz CT molecular complexity index is 1790. The summed E-state index contributed by atoms with van der Waals surface area (Å²) in [5, 5.41) is 0.792. The van der Waals surface area contributed by atoms with E-state index < -0.39 is 17.3 Å². The van der Waals surface area contributed by atoms with E-state index in [0.29, 0.717) is 44.0 Å². The van der Waals surface area contributed by atoms with E-state index in [0.717, 1.165) is 27.3 Å². The van der Waals surface area contributed by atoms with Crippen molar-refractivity contribution in [1.29, 1.82) is 0 Å². The van der Waals surface area contributed by atoms with Crippen LogP contribution in [0.25, 0.3) is 22.2 Å². The Morgan fingerprint density at radius 3 is 2.52 bits per heavy atom. The number of rotatable bonds is 7. The second-order valence-corrected chi connectivity index (χ2v) is 10.4. The molecular weight excluding hydrogens is 565 g/mol. The number of nitrogens with zero attached hydrogens (tertiary/aromatic N) is 4. The van der Waals surface area contributed by atoms with Gasteiger partial charge >= 0.3 is 6.18 Å². The maximum Gasteiger partial charge on any atom is 0.421 e. The summed E-state index contributed by atoms with van der Waals surface area (Å²) in [7, 11) is 1.48. The molecule has 0 bridgehead atoms. The number of aryl methyl sites for hydroxylation is 2. The molecule has 7 nitrogen and oxygen atoms in total. The summed E-state index contributed by atoms with van der Waals surface area (Å²) in [6, 6.07) is 11.0. The van der Waals surface area contributed by atoms with Gasteiger partial charge in [-0.15, -0.1) is 11.3 Å². The standard InChI is InChI=1S/C28H22ClF3N4O3S/c1-15-10-18(25-26(29)40-14-33-25)17-6-4-8-22(24(17)35-15)39-13-19-21(34-16(2)11-23(19)38-3)12-36-9-5-7-20(27(36)37)28(30,31)32/h4-11,14H,12-13H2,1-3H3. The van der Waals surface area contributed by atoms with Crippen molar-refractivity contribution in [3.8, 4) is 22.8 Å². The molecule has 0 saturated heterocycles. The summed E-state index contributed by atoms with van der Waals surface area (Å²) in [5.74, 6) is 0.903. The highest BCUT2D eigenvalue weighted by Gasteiger charge is 2.34. The second kappa shape index (κ2) is 10.9. The van der Waals surface area contributed by atoms with Gasteiger partial charge in [0.1, 0.15) is 39.2 Å². The lowest BCUT2D eigenvalue weighted by Crippen LogP contribution is -2.29. The zero-order chi connectivity index (χ0) is 28.6. The monoisotopic (exact) mass is 586 g/mol. The molecule has 0 N–H and O–H groups in total. The fraction of sp³-hybridized carbons (Fsp3) is 0.214. The van der Waals surface area contributed by atoms with Crippen LogP contribution in [0.15, 0.2) is 59.0 Å². The van der Waals surface area contributed by atoms with E-state index in [2.05, 4.69) is 15.0 Å². The van der Waals surface area contributed by atoms with E-state index >= 15 is 0 Å². The molecule has 206 valence electrons. The Morgan fingerprint density at radius 2 is 1.82 bits per heavy atom. The number of aromatic nitrogens is 4. The number of benzene rings is 1. The average Bonchev–Trinajstić information content (AvgIpc) is 3.33. The Kier molecular flexibility index (Phi) is 7.52. The third-order valence-electron chi connectivity index (χ3n) is 6.24. The number of fused-ring (bicyclic) bond motifs is 1. The number of hydrogen-bond acceptors (Lipinski definition) is 7. The van der Waals surface area contributed by atoms with E-state index in [1.165, 1.54) is 30.7 Å². The van der Waals surface area contributed by atoms with Gasteiger partial charge in [0, 0.05) is 34.6 Å². The minimum atomic E-state index is -4.77. The summed E-state index contributed by atoms with van der Waals surface area (Å²) < 4.78 is 53.4. The molecule has 5 aromatic rings. The molecule has 4 aromatic heterocycles. The highest BCUT2D eigenvalue weighted by Crippen LogP contribution is 2.37. The second-order valence-electron chi connectivity index (χ2n) is 8.97. The minimum Gasteiger partial charge on any atom is -0.496 e.